The molecular weight excluding hydrogens is 266 g/mol. The minimum atomic E-state index is -0.305. The fourth-order valence-corrected chi connectivity index (χ4v) is 2.89. The van der Waals surface area contributed by atoms with Crippen LogP contribution in [0.1, 0.15) is 38.3 Å². The first-order chi connectivity index (χ1) is 10.1. The van der Waals surface area contributed by atoms with E-state index in [9.17, 15) is 10.1 Å². The molecule has 0 aromatic heterocycles. The van der Waals surface area contributed by atoms with Crippen LogP contribution in [-0.4, -0.2) is 36.0 Å². The molecule has 0 bridgehead atoms. The van der Waals surface area contributed by atoms with E-state index in [-0.39, 0.29) is 16.7 Å². The number of nitro benzene ring substituents is 1. The molecule has 0 saturated carbocycles. The highest BCUT2D eigenvalue weighted by Crippen LogP contribution is 2.29. The first kappa shape index (κ1) is 15.9. The average Bonchev–Trinajstić information content (AvgIpc) is 2.48. The molecule has 5 heteroatoms. The van der Waals surface area contributed by atoms with Crippen molar-refractivity contribution in [1.82, 2.24) is 10.2 Å². The van der Waals surface area contributed by atoms with Crippen LogP contribution in [0, 0.1) is 16.0 Å². The second-order valence-corrected chi connectivity index (χ2v) is 6.13. The maximum absolute atomic E-state index is 11.0. The maximum Gasteiger partial charge on any atom is 0.269 e. The summed E-state index contributed by atoms with van der Waals surface area (Å²) in [4.78, 5) is 13.2. The van der Waals surface area contributed by atoms with Crippen LogP contribution in [0.2, 0.25) is 0 Å². The highest BCUT2D eigenvalue weighted by molar-refractivity contribution is 5.36. The van der Waals surface area contributed by atoms with Gasteiger partial charge in [-0.05, 0) is 24.3 Å². The highest BCUT2D eigenvalue weighted by atomic mass is 16.6. The second kappa shape index (κ2) is 7.52. The minimum absolute atomic E-state index is 0.192. The van der Waals surface area contributed by atoms with Crippen molar-refractivity contribution in [2.45, 2.75) is 32.7 Å². The van der Waals surface area contributed by atoms with Crippen LogP contribution in [0.15, 0.2) is 24.3 Å². The summed E-state index contributed by atoms with van der Waals surface area (Å²) in [6.45, 7) is 8.45. The van der Waals surface area contributed by atoms with E-state index in [2.05, 4.69) is 24.1 Å². The van der Waals surface area contributed by atoms with Gasteiger partial charge >= 0.3 is 0 Å². The van der Waals surface area contributed by atoms with Crippen LogP contribution in [0.3, 0.4) is 0 Å². The Kier molecular flexibility index (Phi) is 5.70. The largest absolute Gasteiger partial charge is 0.314 e. The van der Waals surface area contributed by atoms with Gasteiger partial charge in [-0.1, -0.05) is 26.0 Å². The Bertz CT molecular complexity index is 470. The minimum Gasteiger partial charge on any atom is -0.314 e. The van der Waals surface area contributed by atoms with Gasteiger partial charge in [0.15, 0.2) is 0 Å². The van der Waals surface area contributed by atoms with E-state index in [0.717, 1.165) is 44.6 Å². The SMILES string of the molecule is CC(C)CC[C@@H](c1cccc([N+](=O)[O-])c1)N1CCNCC1. The summed E-state index contributed by atoms with van der Waals surface area (Å²) in [5, 5.41) is 14.4. The van der Waals surface area contributed by atoms with Gasteiger partial charge in [-0.3, -0.25) is 15.0 Å². The smallest absolute Gasteiger partial charge is 0.269 e. The number of piperazine rings is 1. The molecule has 5 nitrogen and oxygen atoms in total. The van der Waals surface area contributed by atoms with Crippen LogP contribution < -0.4 is 5.32 Å². The summed E-state index contributed by atoms with van der Waals surface area (Å²) < 4.78 is 0. The number of nitrogens with one attached hydrogen (secondary N) is 1. The molecule has 1 saturated heterocycles. The lowest BCUT2D eigenvalue weighted by atomic mass is 9.95. The fraction of sp³-hybridized carbons (Fsp3) is 0.625. The van der Waals surface area contributed by atoms with Gasteiger partial charge in [0.1, 0.15) is 0 Å². The molecule has 116 valence electrons. The summed E-state index contributed by atoms with van der Waals surface area (Å²) in [6, 6.07) is 7.43. The predicted molar refractivity (Wildman–Crippen MR) is 84.4 cm³/mol. The molecule has 0 amide bonds. The summed E-state index contributed by atoms with van der Waals surface area (Å²) in [6.07, 6.45) is 2.19. The van der Waals surface area contributed by atoms with Crippen molar-refractivity contribution in [3.63, 3.8) is 0 Å². The normalized spacial score (nSPS) is 17.9. The molecule has 1 N–H and O–H groups in total. The quantitative estimate of drug-likeness (QED) is 0.646. The van der Waals surface area contributed by atoms with Crippen LogP contribution in [-0.2, 0) is 0 Å². The number of nitro groups is 1. The average molecular weight is 291 g/mol. The maximum atomic E-state index is 11.0. The van der Waals surface area contributed by atoms with E-state index in [1.165, 1.54) is 0 Å². The predicted octanol–water partition coefficient (Wildman–Crippen LogP) is 2.98. The standard InChI is InChI=1S/C16H25N3O2/c1-13(2)6-7-16(18-10-8-17-9-11-18)14-4-3-5-15(12-14)19(20)21/h3-5,12-13,16-17H,6-11H2,1-2H3/t16-/m0/s1. The molecule has 21 heavy (non-hydrogen) atoms. The van der Waals surface area contributed by atoms with E-state index < -0.39 is 0 Å². The third-order valence-electron chi connectivity index (χ3n) is 4.08. The summed E-state index contributed by atoms with van der Waals surface area (Å²) >= 11 is 0. The topological polar surface area (TPSA) is 58.4 Å². The van der Waals surface area contributed by atoms with Gasteiger partial charge in [0.05, 0.1) is 4.92 Å². The van der Waals surface area contributed by atoms with Gasteiger partial charge in [-0.2, -0.15) is 0 Å². The Labute approximate surface area is 126 Å². The third kappa shape index (κ3) is 4.51. The van der Waals surface area contributed by atoms with E-state index in [1.807, 2.05) is 6.07 Å². The van der Waals surface area contributed by atoms with Gasteiger partial charge in [-0.15, -0.1) is 0 Å². The monoisotopic (exact) mass is 291 g/mol. The highest BCUT2D eigenvalue weighted by Gasteiger charge is 2.23. The lowest BCUT2D eigenvalue weighted by Crippen LogP contribution is -2.45. The Morgan fingerprint density at radius 2 is 2.00 bits per heavy atom. The Hall–Kier alpha value is -1.46. The summed E-state index contributed by atoms with van der Waals surface area (Å²) in [5.74, 6) is 0.647. The van der Waals surface area contributed by atoms with Crippen molar-refractivity contribution in [3.8, 4) is 0 Å². The molecule has 1 fully saturated rings. The first-order valence-corrected chi connectivity index (χ1v) is 7.77. The molecule has 0 aliphatic carbocycles. The van der Waals surface area contributed by atoms with Crippen molar-refractivity contribution in [2.75, 3.05) is 26.2 Å². The zero-order valence-corrected chi connectivity index (χ0v) is 12.9. The van der Waals surface area contributed by atoms with Gasteiger partial charge in [0, 0.05) is 44.4 Å². The van der Waals surface area contributed by atoms with Crippen LogP contribution in [0.25, 0.3) is 0 Å². The number of benzene rings is 1. The number of hydrogen-bond acceptors (Lipinski definition) is 4. The lowest BCUT2D eigenvalue weighted by molar-refractivity contribution is -0.385. The Morgan fingerprint density at radius 3 is 2.62 bits per heavy atom. The van der Waals surface area contributed by atoms with Crippen LogP contribution >= 0.6 is 0 Å². The van der Waals surface area contributed by atoms with Crippen molar-refractivity contribution in [2.24, 2.45) is 5.92 Å². The Morgan fingerprint density at radius 1 is 1.29 bits per heavy atom. The summed E-state index contributed by atoms with van der Waals surface area (Å²) in [7, 11) is 0. The fourth-order valence-electron chi connectivity index (χ4n) is 2.89. The van der Waals surface area contributed by atoms with Gasteiger partial charge in [-0.25, -0.2) is 0 Å². The lowest BCUT2D eigenvalue weighted by Gasteiger charge is -2.35. The van der Waals surface area contributed by atoms with Gasteiger partial charge < -0.3 is 5.32 Å². The van der Waals surface area contributed by atoms with Crippen molar-refractivity contribution in [1.29, 1.82) is 0 Å². The molecule has 0 spiro atoms. The third-order valence-corrected chi connectivity index (χ3v) is 4.08. The molecule has 1 aliphatic heterocycles. The van der Waals surface area contributed by atoms with E-state index in [4.69, 9.17) is 0 Å². The molecule has 2 rings (SSSR count). The molecule has 1 aromatic rings. The summed E-state index contributed by atoms with van der Waals surface area (Å²) in [5.41, 5.74) is 1.27. The van der Waals surface area contributed by atoms with Gasteiger partial charge in [0.2, 0.25) is 0 Å². The van der Waals surface area contributed by atoms with E-state index >= 15 is 0 Å². The molecule has 1 aliphatic rings. The van der Waals surface area contributed by atoms with E-state index in [0.29, 0.717) is 5.92 Å². The van der Waals surface area contributed by atoms with E-state index in [1.54, 1.807) is 18.2 Å². The van der Waals surface area contributed by atoms with Crippen molar-refractivity contribution in [3.05, 3.63) is 39.9 Å². The Balaban J connectivity index is 2.20. The van der Waals surface area contributed by atoms with Crippen molar-refractivity contribution >= 4 is 5.69 Å². The zero-order chi connectivity index (χ0) is 15.2. The number of hydrogen-bond donors (Lipinski definition) is 1. The van der Waals surface area contributed by atoms with Gasteiger partial charge in [0.25, 0.3) is 5.69 Å². The molecule has 1 heterocycles. The number of rotatable bonds is 6. The number of non-ortho nitro benzene ring substituents is 1. The molecule has 1 aromatic carbocycles. The number of nitrogens with zero attached hydrogens (tertiary/aromatic N) is 2. The molecule has 0 radical (unpaired) electrons. The van der Waals surface area contributed by atoms with Crippen LogP contribution in [0.4, 0.5) is 5.69 Å². The molecular formula is C16H25N3O2. The zero-order valence-electron chi connectivity index (χ0n) is 12.9. The first-order valence-electron chi connectivity index (χ1n) is 7.77. The van der Waals surface area contributed by atoms with Crippen molar-refractivity contribution < 1.29 is 4.92 Å². The molecule has 1 atom stereocenters. The molecule has 0 unspecified atom stereocenters. The second-order valence-electron chi connectivity index (χ2n) is 6.13. The van der Waals surface area contributed by atoms with Crippen LogP contribution in [0.5, 0.6) is 0 Å².